The number of phenols is 1. The van der Waals surface area contributed by atoms with E-state index in [1.54, 1.807) is 11.4 Å². The molecule has 3 aromatic rings. The lowest BCUT2D eigenvalue weighted by molar-refractivity contribution is 0.103. The Morgan fingerprint density at radius 2 is 2.20 bits per heavy atom. The van der Waals surface area contributed by atoms with Crippen molar-refractivity contribution in [1.82, 2.24) is 9.55 Å². The van der Waals surface area contributed by atoms with Crippen LogP contribution >= 0.6 is 11.3 Å². The first kappa shape index (κ1) is 16.4. The van der Waals surface area contributed by atoms with E-state index in [0.717, 1.165) is 4.57 Å². The third-order valence-corrected chi connectivity index (χ3v) is 4.24. The van der Waals surface area contributed by atoms with E-state index in [1.807, 2.05) is 0 Å². The number of benzene rings is 1. The first-order valence-electron chi connectivity index (χ1n) is 7.03. The van der Waals surface area contributed by atoms with E-state index >= 15 is 0 Å². The van der Waals surface area contributed by atoms with Gasteiger partial charge in [-0.3, -0.25) is 14.2 Å². The number of pyridine rings is 1. The van der Waals surface area contributed by atoms with Gasteiger partial charge in [-0.15, -0.1) is 11.3 Å². The van der Waals surface area contributed by atoms with Crippen LogP contribution < -0.4 is 10.3 Å². The minimum absolute atomic E-state index is 0.00702. The van der Waals surface area contributed by atoms with Crippen molar-refractivity contribution in [3.63, 3.8) is 0 Å². The zero-order valence-corrected chi connectivity index (χ0v) is 13.8. The summed E-state index contributed by atoms with van der Waals surface area (Å²) in [6, 6.07) is 7.24. The van der Waals surface area contributed by atoms with Crippen molar-refractivity contribution in [2.45, 2.75) is 0 Å². The third-order valence-electron chi connectivity index (χ3n) is 3.47. The molecule has 0 fully saturated rings. The van der Waals surface area contributed by atoms with Gasteiger partial charge in [0, 0.05) is 23.3 Å². The van der Waals surface area contributed by atoms with Crippen LogP contribution in [-0.2, 0) is 0 Å². The maximum absolute atomic E-state index is 12.8. The van der Waals surface area contributed by atoms with Crippen LogP contribution in [0, 0.1) is 11.3 Å². The van der Waals surface area contributed by atoms with Crippen LogP contribution in [0.4, 0.5) is 0 Å². The fourth-order valence-electron chi connectivity index (χ4n) is 2.24. The number of nitrogens with zero attached hydrogens (tertiary/aromatic N) is 3. The van der Waals surface area contributed by atoms with Crippen molar-refractivity contribution in [3.8, 4) is 22.7 Å². The molecule has 0 unspecified atom stereocenters. The Kier molecular flexibility index (Phi) is 4.33. The Bertz CT molecular complexity index is 1050. The van der Waals surface area contributed by atoms with Crippen molar-refractivity contribution >= 4 is 17.1 Å². The summed E-state index contributed by atoms with van der Waals surface area (Å²) in [7, 11) is 1.44. The van der Waals surface area contributed by atoms with Gasteiger partial charge in [0.25, 0.3) is 5.56 Å². The van der Waals surface area contributed by atoms with Crippen LogP contribution in [0.25, 0.3) is 5.13 Å². The summed E-state index contributed by atoms with van der Waals surface area (Å²) in [5, 5.41) is 21.2. The summed E-state index contributed by atoms with van der Waals surface area (Å²) >= 11 is 1.20. The summed E-state index contributed by atoms with van der Waals surface area (Å²) in [6.07, 6.45) is 2.82. The van der Waals surface area contributed by atoms with Gasteiger partial charge < -0.3 is 9.84 Å². The molecule has 8 heteroatoms. The lowest BCUT2D eigenvalue weighted by Crippen LogP contribution is -2.22. The van der Waals surface area contributed by atoms with Gasteiger partial charge in [0.05, 0.1) is 12.7 Å². The zero-order valence-electron chi connectivity index (χ0n) is 13.0. The second-order valence-corrected chi connectivity index (χ2v) is 5.83. The molecule has 25 heavy (non-hydrogen) atoms. The lowest BCUT2D eigenvalue weighted by atomic mass is 10.0. The summed E-state index contributed by atoms with van der Waals surface area (Å²) in [4.78, 5) is 29.1. The predicted molar refractivity (Wildman–Crippen MR) is 90.5 cm³/mol. The molecule has 2 aromatic heterocycles. The number of aromatic nitrogens is 2. The van der Waals surface area contributed by atoms with Gasteiger partial charge in [0.15, 0.2) is 10.9 Å². The minimum atomic E-state index is -0.566. The number of phenolic OH excluding ortho intramolecular Hbond substituents is 1. The van der Waals surface area contributed by atoms with Crippen LogP contribution in [0.3, 0.4) is 0 Å². The van der Waals surface area contributed by atoms with Gasteiger partial charge in [-0.25, -0.2) is 4.98 Å². The molecule has 0 radical (unpaired) electrons. The standard InChI is InChI=1S/C17H11N3O4S/c1-24-12-2-3-14(21)13(7-12)15(22)11-6-10(8-18)16(23)20(9-11)17-19-4-5-25-17/h2-7,9,21H,1H3. The highest BCUT2D eigenvalue weighted by Crippen LogP contribution is 2.25. The predicted octanol–water partition coefficient (Wildman–Crippen LogP) is 2.11. The maximum Gasteiger partial charge on any atom is 0.274 e. The van der Waals surface area contributed by atoms with E-state index in [0.29, 0.717) is 10.9 Å². The average molecular weight is 353 g/mol. The highest BCUT2D eigenvalue weighted by molar-refractivity contribution is 7.12. The number of methoxy groups -OCH3 is 1. The second kappa shape index (κ2) is 6.59. The number of nitriles is 1. The van der Waals surface area contributed by atoms with E-state index in [4.69, 9.17) is 4.74 Å². The normalized spacial score (nSPS) is 10.2. The highest BCUT2D eigenvalue weighted by Gasteiger charge is 2.19. The fraction of sp³-hybridized carbons (Fsp3) is 0.0588. The monoisotopic (exact) mass is 353 g/mol. The van der Waals surface area contributed by atoms with Crippen LogP contribution in [0.15, 0.2) is 46.8 Å². The summed E-state index contributed by atoms with van der Waals surface area (Å²) in [5.41, 5.74) is -0.671. The average Bonchev–Trinajstić information content (AvgIpc) is 3.16. The molecule has 0 atom stereocenters. The van der Waals surface area contributed by atoms with Crippen molar-refractivity contribution in [2.24, 2.45) is 0 Å². The van der Waals surface area contributed by atoms with E-state index < -0.39 is 11.3 Å². The number of carbonyl (C=O) groups is 1. The number of carbonyl (C=O) groups excluding carboxylic acids is 1. The molecule has 0 bridgehead atoms. The number of ether oxygens (including phenoxy) is 1. The molecule has 7 nitrogen and oxygen atoms in total. The number of ketones is 1. The fourth-order valence-corrected chi connectivity index (χ4v) is 2.86. The summed E-state index contributed by atoms with van der Waals surface area (Å²) in [5.74, 6) is -0.371. The zero-order chi connectivity index (χ0) is 18.0. The lowest BCUT2D eigenvalue weighted by Gasteiger charge is -2.09. The molecule has 0 saturated carbocycles. The first-order valence-corrected chi connectivity index (χ1v) is 7.91. The van der Waals surface area contributed by atoms with Crippen molar-refractivity contribution < 1.29 is 14.6 Å². The minimum Gasteiger partial charge on any atom is -0.507 e. The highest BCUT2D eigenvalue weighted by atomic mass is 32.1. The number of thiazole rings is 1. The molecule has 0 spiro atoms. The van der Waals surface area contributed by atoms with E-state index in [9.17, 15) is 20.0 Å². The van der Waals surface area contributed by atoms with Crippen LogP contribution in [-0.4, -0.2) is 27.6 Å². The van der Waals surface area contributed by atoms with Crippen LogP contribution in [0.2, 0.25) is 0 Å². The molecule has 1 aromatic carbocycles. The van der Waals surface area contributed by atoms with Gasteiger partial charge in [0.1, 0.15) is 23.1 Å². The number of rotatable bonds is 4. The SMILES string of the molecule is COc1ccc(O)c(C(=O)c2cc(C#N)c(=O)n(-c3nccs3)c2)c1. The summed E-state index contributed by atoms with van der Waals surface area (Å²) in [6.45, 7) is 0. The number of hydrogen-bond donors (Lipinski definition) is 1. The number of aromatic hydroxyl groups is 1. The molecular formula is C17H11N3O4S. The molecule has 1 N–H and O–H groups in total. The first-order chi connectivity index (χ1) is 12.0. The Balaban J connectivity index is 2.18. The van der Waals surface area contributed by atoms with Crippen molar-refractivity contribution in [3.05, 3.63) is 69.1 Å². The largest absolute Gasteiger partial charge is 0.507 e. The molecule has 0 aliphatic heterocycles. The van der Waals surface area contributed by atoms with Crippen molar-refractivity contribution in [2.75, 3.05) is 7.11 Å². The Morgan fingerprint density at radius 1 is 1.40 bits per heavy atom. The smallest absolute Gasteiger partial charge is 0.274 e. The van der Waals surface area contributed by atoms with Gasteiger partial charge in [-0.1, -0.05) is 0 Å². The molecule has 124 valence electrons. The molecule has 3 rings (SSSR count). The molecule has 0 amide bonds. The van der Waals surface area contributed by atoms with Crippen LogP contribution in [0.1, 0.15) is 21.5 Å². The van der Waals surface area contributed by atoms with Crippen molar-refractivity contribution in [1.29, 1.82) is 5.26 Å². The van der Waals surface area contributed by atoms with Gasteiger partial charge >= 0.3 is 0 Å². The summed E-state index contributed by atoms with van der Waals surface area (Å²) < 4.78 is 6.21. The Labute approximate surface area is 146 Å². The quantitative estimate of drug-likeness (QED) is 0.720. The number of hydrogen-bond acceptors (Lipinski definition) is 7. The topological polar surface area (TPSA) is 105 Å². The van der Waals surface area contributed by atoms with Gasteiger partial charge in [0.2, 0.25) is 0 Å². The molecule has 0 aliphatic carbocycles. The third kappa shape index (κ3) is 3.00. The molecule has 0 aliphatic rings. The van der Waals surface area contributed by atoms with E-state index in [-0.39, 0.29) is 22.4 Å². The Hall–Kier alpha value is -3.44. The van der Waals surface area contributed by atoms with E-state index in [2.05, 4.69) is 4.98 Å². The van der Waals surface area contributed by atoms with Gasteiger partial charge in [-0.05, 0) is 24.3 Å². The maximum atomic E-state index is 12.8. The second-order valence-electron chi connectivity index (χ2n) is 4.96. The Morgan fingerprint density at radius 3 is 2.84 bits per heavy atom. The van der Waals surface area contributed by atoms with Crippen LogP contribution in [0.5, 0.6) is 11.5 Å². The molecular weight excluding hydrogens is 342 g/mol. The van der Waals surface area contributed by atoms with E-state index in [1.165, 1.54) is 55.1 Å². The molecule has 0 saturated heterocycles. The van der Waals surface area contributed by atoms with Gasteiger partial charge in [-0.2, -0.15) is 5.26 Å². The molecule has 2 heterocycles.